The van der Waals surface area contributed by atoms with Crippen LogP contribution in [0.2, 0.25) is 0 Å². The van der Waals surface area contributed by atoms with E-state index < -0.39 is 0 Å². The molecule has 19 heavy (non-hydrogen) atoms. The van der Waals surface area contributed by atoms with Crippen LogP contribution >= 0.6 is 27.7 Å². The summed E-state index contributed by atoms with van der Waals surface area (Å²) in [6.07, 6.45) is 0. The van der Waals surface area contributed by atoms with Gasteiger partial charge in [-0.05, 0) is 42.3 Å². The maximum absolute atomic E-state index is 4.58. The summed E-state index contributed by atoms with van der Waals surface area (Å²) >= 11 is 5.18. The largest absolute Gasteiger partial charge is 0.333 e. The maximum atomic E-state index is 4.58. The summed E-state index contributed by atoms with van der Waals surface area (Å²) in [6, 6.07) is 14.7. The van der Waals surface area contributed by atoms with Gasteiger partial charge in [-0.2, -0.15) is 0 Å². The summed E-state index contributed by atoms with van der Waals surface area (Å²) in [5.74, 6) is 0.923. The molecule has 0 aliphatic carbocycles. The van der Waals surface area contributed by atoms with E-state index in [-0.39, 0.29) is 0 Å². The second-order valence-corrected chi connectivity index (χ2v) is 6.36. The Morgan fingerprint density at radius 1 is 1.16 bits per heavy atom. The number of nitrogens with zero attached hydrogens (tertiary/aromatic N) is 1. The van der Waals surface area contributed by atoms with E-state index in [0.717, 1.165) is 26.4 Å². The summed E-state index contributed by atoms with van der Waals surface area (Å²) in [7, 11) is 0. The van der Waals surface area contributed by atoms with Crippen LogP contribution in [-0.4, -0.2) is 9.97 Å². The van der Waals surface area contributed by atoms with Crippen molar-refractivity contribution in [2.24, 2.45) is 0 Å². The number of halogens is 1. The van der Waals surface area contributed by atoms with Crippen molar-refractivity contribution in [1.29, 1.82) is 0 Å². The van der Waals surface area contributed by atoms with Crippen molar-refractivity contribution in [2.45, 2.75) is 17.8 Å². The average molecular weight is 333 g/mol. The molecule has 0 saturated heterocycles. The monoisotopic (exact) mass is 332 g/mol. The lowest BCUT2D eigenvalue weighted by Gasteiger charge is -1.99. The van der Waals surface area contributed by atoms with Crippen LogP contribution in [0.4, 0.5) is 0 Å². The third kappa shape index (κ3) is 3.01. The molecular formula is C15H13BrN2S. The highest BCUT2D eigenvalue weighted by molar-refractivity contribution is 9.10. The van der Waals surface area contributed by atoms with E-state index in [2.05, 4.69) is 75.3 Å². The number of imidazole rings is 1. The van der Waals surface area contributed by atoms with E-state index in [1.54, 1.807) is 11.8 Å². The molecular weight excluding hydrogens is 320 g/mol. The van der Waals surface area contributed by atoms with Crippen molar-refractivity contribution >= 4 is 38.7 Å². The molecule has 0 aliphatic rings. The molecule has 0 atom stereocenters. The van der Waals surface area contributed by atoms with Gasteiger partial charge >= 0.3 is 0 Å². The van der Waals surface area contributed by atoms with Crippen LogP contribution in [0.25, 0.3) is 11.0 Å². The first-order valence-corrected chi connectivity index (χ1v) is 7.82. The fourth-order valence-electron chi connectivity index (χ4n) is 1.90. The molecule has 2 aromatic carbocycles. The van der Waals surface area contributed by atoms with Gasteiger partial charge in [-0.25, -0.2) is 4.98 Å². The predicted octanol–water partition coefficient (Wildman–Crippen LogP) is 4.93. The summed E-state index contributed by atoms with van der Waals surface area (Å²) in [5, 5.41) is 0.975. The van der Waals surface area contributed by atoms with Crippen LogP contribution in [0.15, 0.2) is 52.1 Å². The molecule has 0 radical (unpaired) electrons. The Hall–Kier alpha value is -1.26. The summed E-state index contributed by atoms with van der Waals surface area (Å²) < 4.78 is 1.11. The van der Waals surface area contributed by atoms with E-state index >= 15 is 0 Å². The molecule has 0 bridgehead atoms. The molecule has 1 N–H and O–H groups in total. The molecule has 0 amide bonds. The van der Waals surface area contributed by atoms with Crippen molar-refractivity contribution in [3.05, 3.63) is 58.1 Å². The first-order chi connectivity index (χ1) is 9.20. The third-order valence-electron chi connectivity index (χ3n) is 2.90. The zero-order chi connectivity index (χ0) is 13.2. The summed E-state index contributed by atoms with van der Waals surface area (Å²) in [6.45, 7) is 2.09. The molecule has 0 aliphatic heterocycles. The molecule has 0 unspecified atom stereocenters. The summed E-state index contributed by atoms with van der Waals surface area (Å²) in [5.41, 5.74) is 4.69. The Morgan fingerprint density at radius 2 is 1.95 bits per heavy atom. The lowest BCUT2D eigenvalue weighted by atomic mass is 10.2. The number of thioether (sulfide) groups is 1. The molecule has 96 valence electrons. The Morgan fingerprint density at radius 3 is 2.74 bits per heavy atom. The number of hydrogen-bond donors (Lipinski definition) is 1. The lowest BCUT2D eigenvalue weighted by Crippen LogP contribution is -1.81. The Labute approximate surface area is 124 Å². The van der Waals surface area contributed by atoms with Crippen molar-refractivity contribution in [3.8, 4) is 0 Å². The number of fused-ring (bicyclic) bond motifs is 1. The topological polar surface area (TPSA) is 28.7 Å². The number of rotatable bonds is 3. The Balaban J connectivity index is 1.76. The van der Waals surface area contributed by atoms with Crippen molar-refractivity contribution in [2.75, 3.05) is 0 Å². The minimum absolute atomic E-state index is 0.923. The van der Waals surface area contributed by atoms with Gasteiger partial charge in [0.2, 0.25) is 0 Å². The van der Waals surface area contributed by atoms with Crippen LogP contribution in [0.3, 0.4) is 0 Å². The quantitative estimate of drug-likeness (QED) is 0.689. The van der Waals surface area contributed by atoms with E-state index in [0.29, 0.717) is 0 Å². The number of nitrogens with one attached hydrogen (secondary N) is 1. The number of hydrogen-bond acceptors (Lipinski definition) is 2. The number of aromatic nitrogens is 2. The minimum atomic E-state index is 0.923. The van der Waals surface area contributed by atoms with Gasteiger partial charge in [-0.15, -0.1) is 0 Å². The minimum Gasteiger partial charge on any atom is -0.333 e. The van der Waals surface area contributed by atoms with Crippen molar-refractivity contribution < 1.29 is 0 Å². The van der Waals surface area contributed by atoms with Gasteiger partial charge in [0.25, 0.3) is 0 Å². The highest BCUT2D eigenvalue weighted by Gasteiger charge is 2.04. The van der Waals surface area contributed by atoms with Crippen LogP contribution in [0.5, 0.6) is 0 Å². The Bertz CT molecular complexity index is 704. The van der Waals surface area contributed by atoms with E-state index in [1.165, 1.54) is 11.1 Å². The third-order valence-corrected chi connectivity index (χ3v) is 4.38. The highest BCUT2D eigenvalue weighted by atomic mass is 79.9. The lowest BCUT2D eigenvalue weighted by molar-refractivity contribution is 1.08. The average Bonchev–Trinajstić information content (AvgIpc) is 2.80. The SMILES string of the molecule is Cc1ccc2nc(SCc3ccc(Br)cc3)[nH]c2c1. The smallest absolute Gasteiger partial charge is 0.166 e. The van der Waals surface area contributed by atoms with E-state index in [1.807, 2.05) is 0 Å². The van der Waals surface area contributed by atoms with Crippen LogP contribution < -0.4 is 0 Å². The van der Waals surface area contributed by atoms with Crippen molar-refractivity contribution in [3.63, 3.8) is 0 Å². The molecule has 1 heterocycles. The molecule has 1 aromatic heterocycles. The Kier molecular flexibility index (Phi) is 3.62. The first-order valence-electron chi connectivity index (χ1n) is 6.04. The van der Waals surface area contributed by atoms with Gasteiger partial charge < -0.3 is 4.98 Å². The molecule has 2 nitrogen and oxygen atoms in total. The fraction of sp³-hybridized carbons (Fsp3) is 0.133. The molecule has 4 heteroatoms. The van der Waals surface area contributed by atoms with Crippen LogP contribution in [-0.2, 0) is 5.75 Å². The van der Waals surface area contributed by atoms with E-state index in [4.69, 9.17) is 0 Å². The predicted molar refractivity (Wildman–Crippen MR) is 84.5 cm³/mol. The van der Waals surface area contributed by atoms with Crippen LogP contribution in [0, 0.1) is 6.92 Å². The van der Waals surface area contributed by atoms with Gasteiger partial charge in [-0.1, -0.05) is 45.9 Å². The van der Waals surface area contributed by atoms with Gasteiger partial charge in [0, 0.05) is 10.2 Å². The second-order valence-electron chi connectivity index (χ2n) is 4.48. The maximum Gasteiger partial charge on any atom is 0.166 e. The number of H-pyrrole nitrogens is 1. The zero-order valence-electron chi connectivity index (χ0n) is 10.5. The van der Waals surface area contributed by atoms with E-state index in [9.17, 15) is 0 Å². The normalized spacial score (nSPS) is 11.1. The highest BCUT2D eigenvalue weighted by Crippen LogP contribution is 2.24. The molecule has 0 saturated carbocycles. The standard InChI is InChI=1S/C15H13BrN2S/c1-10-2-7-13-14(8-10)18-15(17-13)19-9-11-3-5-12(16)6-4-11/h2-8H,9H2,1H3,(H,17,18). The number of benzene rings is 2. The van der Waals surface area contributed by atoms with Gasteiger partial charge in [-0.3, -0.25) is 0 Å². The fourth-order valence-corrected chi connectivity index (χ4v) is 3.01. The van der Waals surface area contributed by atoms with Gasteiger partial charge in [0.15, 0.2) is 5.16 Å². The molecule has 0 fully saturated rings. The number of aromatic amines is 1. The van der Waals surface area contributed by atoms with Gasteiger partial charge in [0.1, 0.15) is 0 Å². The van der Waals surface area contributed by atoms with Crippen LogP contribution in [0.1, 0.15) is 11.1 Å². The second kappa shape index (κ2) is 5.39. The van der Waals surface area contributed by atoms with Crippen molar-refractivity contribution in [1.82, 2.24) is 9.97 Å². The molecule has 0 spiro atoms. The first kappa shape index (κ1) is 12.8. The molecule has 3 aromatic rings. The number of aryl methyl sites for hydroxylation is 1. The molecule has 3 rings (SSSR count). The zero-order valence-corrected chi connectivity index (χ0v) is 12.9. The van der Waals surface area contributed by atoms with Gasteiger partial charge in [0.05, 0.1) is 11.0 Å². The summed E-state index contributed by atoms with van der Waals surface area (Å²) in [4.78, 5) is 7.95.